The topological polar surface area (TPSA) is 52.6 Å². The Bertz CT molecular complexity index is 203. The third kappa shape index (κ3) is 6.11. The van der Waals surface area contributed by atoms with Gasteiger partial charge in [0.05, 0.1) is 0 Å². The average Bonchev–Trinajstić information content (AvgIpc) is 2.01. The molecule has 0 aliphatic heterocycles. The monoisotopic (exact) mass is 412 g/mol. The summed E-state index contributed by atoms with van der Waals surface area (Å²) in [6.45, 7) is 6.78. The van der Waals surface area contributed by atoms with E-state index in [-0.39, 0.29) is 11.9 Å². The SMILES string of the molecule is CC[CH2][Pb]([CH2]CC)([O]C(C)=O)[O]C(C)=O. The van der Waals surface area contributed by atoms with Crippen LogP contribution in [0.2, 0.25) is 7.96 Å². The van der Waals surface area contributed by atoms with Crippen molar-refractivity contribution in [3.05, 3.63) is 0 Å². The van der Waals surface area contributed by atoms with Crippen LogP contribution < -0.4 is 0 Å². The fourth-order valence-electron chi connectivity index (χ4n) is 1.64. The van der Waals surface area contributed by atoms with E-state index in [2.05, 4.69) is 0 Å². The Kier molecular flexibility index (Phi) is 7.12. The van der Waals surface area contributed by atoms with E-state index in [1.807, 2.05) is 13.8 Å². The molecule has 0 rings (SSSR count). The summed E-state index contributed by atoms with van der Waals surface area (Å²) < 4.78 is 12.3. The first-order valence-corrected chi connectivity index (χ1v) is 14.0. The van der Waals surface area contributed by atoms with Crippen LogP contribution in [0.3, 0.4) is 0 Å². The van der Waals surface area contributed by atoms with Crippen molar-refractivity contribution < 1.29 is 15.0 Å². The zero-order valence-corrected chi connectivity index (χ0v) is 13.8. The van der Waals surface area contributed by atoms with Gasteiger partial charge >= 0.3 is 97.5 Å². The zero-order valence-electron chi connectivity index (χ0n) is 9.96. The molecule has 5 heteroatoms. The Balaban J connectivity index is 4.69. The maximum atomic E-state index is 11.0. The van der Waals surface area contributed by atoms with E-state index in [4.69, 9.17) is 5.37 Å². The standard InChI is InChI=1S/2C3H7.2C2H4O2.Pb/c2*1-3-2;2*1-2(3)4;/h2*1,3H2,2H3;2*1H3,(H,3,4);/q;;;;+2/p-2. The van der Waals surface area contributed by atoms with Gasteiger partial charge in [-0.3, -0.25) is 0 Å². The van der Waals surface area contributed by atoms with Crippen LogP contribution in [0.1, 0.15) is 40.5 Å². The predicted octanol–water partition coefficient (Wildman–Crippen LogP) is 2.37. The normalized spacial score (nSPS) is 10.9. The molecule has 0 bridgehead atoms. The fraction of sp³-hybridized carbons (Fsp3) is 0.800. The second kappa shape index (κ2) is 7.19. The Morgan fingerprint density at radius 2 is 1.27 bits per heavy atom. The molecule has 0 aromatic heterocycles. The van der Waals surface area contributed by atoms with Crippen molar-refractivity contribution in [1.82, 2.24) is 0 Å². The molecule has 0 amide bonds. The summed E-state index contributed by atoms with van der Waals surface area (Å²) in [5, 5.41) is 0. The molecule has 0 spiro atoms. The minimum atomic E-state index is -3.56. The van der Waals surface area contributed by atoms with Crippen LogP contribution in [0.15, 0.2) is 0 Å². The molecule has 0 radical (unpaired) electrons. The Labute approximate surface area is 97.3 Å². The summed E-state index contributed by atoms with van der Waals surface area (Å²) in [7, 11) is 0. The van der Waals surface area contributed by atoms with Gasteiger partial charge in [0.25, 0.3) is 0 Å². The van der Waals surface area contributed by atoms with Crippen LogP contribution in [0.25, 0.3) is 0 Å². The zero-order chi connectivity index (χ0) is 11.9. The number of carbonyl (C=O) groups is 2. The van der Waals surface area contributed by atoms with Crippen molar-refractivity contribution in [3.63, 3.8) is 0 Å². The average molecular weight is 411 g/mol. The van der Waals surface area contributed by atoms with Gasteiger partial charge in [0.2, 0.25) is 0 Å². The molecule has 0 aromatic rings. The van der Waals surface area contributed by atoms with Gasteiger partial charge in [-0.05, 0) is 0 Å². The molecule has 0 fully saturated rings. The molecule has 15 heavy (non-hydrogen) atoms. The van der Waals surface area contributed by atoms with Gasteiger partial charge in [-0.2, -0.15) is 0 Å². The molecule has 0 unspecified atom stereocenters. The maximum absolute atomic E-state index is 11.0. The van der Waals surface area contributed by atoms with Crippen LogP contribution in [-0.4, -0.2) is 34.0 Å². The Morgan fingerprint density at radius 3 is 1.47 bits per heavy atom. The van der Waals surface area contributed by atoms with E-state index < -0.39 is 22.1 Å². The Hall–Kier alpha value is -0.138. The second-order valence-corrected chi connectivity index (χ2v) is 16.2. The summed E-state index contributed by atoms with van der Waals surface area (Å²) in [6.07, 6.45) is 1.78. The van der Waals surface area contributed by atoms with E-state index in [1.54, 1.807) is 0 Å². The predicted molar refractivity (Wildman–Crippen MR) is 59.5 cm³/mol. The number of carbonyl (C=O) groups excluding carboxylic acids is 2. The van der Waals surface area contributed by atoms with Crippen LogP contribution in [-0.2, 0) is 15.0 Å². The molecular formula is C10H20O4Pb. The quantitative estimate of drug-likeness (QED) is 0.630. The van der Waals surface area contributed by atoms with Gasteiger partial charge in [0.15, 0.2) is 0 Å². The number of rotatable bonds is 6. The first kappa shape index (κ1) is 14.9. The van der Waals surface area contributed by atoms with E-state index in [9.17, 15) is 9.59 Å². The number of hydrogen-bond donors (Lipinski definition) is 0. The van der Waals surface area contributed by atoms with Crippen LogP contribution in [0.4, 0.5) is 0 Å². The van der Waals surface area contributed by atoms with Crippen molar-refractivity contribution in [1.29, 1.82) is 0 Å². The molecule has 0 aliphatic carbocycles. The molecular weight excluding hydrogens is 391 g/mol. The van der Waals surface area contributed by atoms with Crippen molar-refractivity contribution in [2.75, 3.05) is 0 Å². The summed E-state index contributed by atoms with van der Waals surface area (Å²) in [5.74, 6) is -0.639. The van der Waals surface area contributed by atoms with Crippen molar-refractivity contribution in [2.24, 2.45) is 0 Å². The summed E-state index contributed by atoms with van der Waals surface area (Å²) in [4.78, 5) is 22.1. The van der Waals surface area contributed by atoms with Crippen molar-refractivity contribution >= 4 is 34.0 Å². The van der Waals surface area contributed by atoms with Gasteiger partial charge in [0, 0.05) is 0 Å². The number of hydrogen-bond acceptors (Lipinski definition) is 4. The van der Waals surface area contributed by atoms with Crippen LogP contribution >= 0.6 is 0 Å². The molecule has 4 nitrogen and oxygen atoms in total. The van der Waals surface area contributed by atoms with Crippen LogP contribution in [0.5, 0.6) is 0 Å². The Morgan fingerprint density at radius 1 is 0.933 bits per heavy atom. The van der Waals surface area contributed by atoms with E-state index >= 15 is 0 Å². The second-order valence-electron chi connectivity index (χ2n) is 3.60. The molecule has 0 aromatic carbocycles. The van der Waals surface area contributed by atoms with Gasteiger partial charge in [-0.25, -0.2) is 0 Å². The first-order valence-electron chi connectivity index (χ1n) is 5.35. The fourth-order valence-corrected chi connectivity index (χ4v) is 14.4. The molecule has 0 aliphatic rings. The molecule has 0 saturated carbocycles. The van der Waals surface area contributed by atoms with Crippen molar-refractivity contribution in [3.8, 4) is 0 Å². The molecule has 0 atom stereocenters. The molecule has 0 N–H and O–H groups in total. The summed E-state index contributed by atoms with van der Waals surface area (Å²) in [5.41, 5.74) is 0. The third-order valence-electron chi connectivity index (χ3n) is 1.92. The van der Waals surface area contributed by atoms with Crippen molar-refractivity contribution in [2.45, 2.75) is 48.5 Å². The molecule has 88 valence electrons. The van der Waals surface area contributed by atoms with E-state index in [1.165, 1.54) is 13.8 Å². The van der Waals surface area contributed by atoms with Gasteiger partial charge < -0.3 is 0 Å². The minimum absolute atomic E-state index is 0.320. The first-order chi connectivity index (χ1) is 6.95. The summed E-state index contributed by atoms with van der Waals surface area (Å²) in [6, 6.07) is 0. The van der Waals surface area contributed by atoms with Gasteiger partial charge in [-0.15, -0.1) is 0 Å². The van der Waals surface area contributed by atoms with E-state index in [0.29, 0.717) is 0 Å². The molecule has 0 heterocycles. The van der Waals surface area contributed by atoms with Gasteiger partial charge in [0.1, 0.15) is 0 Å². The van der Waals surface area contributed by atoms with E-state index in [0.717, 1.165) is 20.8 Å². The third-order valence-corrected chi connectivity index (χ3v) is 16.9. The van der Waals surface area contributed by atoms with Crippen LogP contribution in [0, 0.1) is 0 Å². The summed E-state index contributed by atoms with van der Waals surface area (Å²) >= 11 is -3.56. The molecule has 0 saturated heterocycles. The van der Waals surface area contributed by atoms with Gasteiger partial charge in [-0.1, -0.05) is 0 Å².